The van der Waals surface area contributed by atoms with Gasteiger partial charge in [-0.3, -0.25) is 4.68 Å². The molecule has 1 aromatic rings. The minimum absolute atomic E-state index is 0.0971. The van der Waals surface area contributed by atoms with Gasteiger partial charge in [-0.05, 0) is 64.9 Å². The van der Waals surface area contributed by atoms with E-state index in [4.69, 9.17) is 0 Å². The van der Waals surface area contributed by atoms with Crippen molar-refractivity contribution in [2.45, 2.75) is 90.5 Å². The average molecular weight is 552 g/mol. The molecule has 1 heterocycles. The van der Waals surface area contributed by atoms with Crippen LogP contribution in [-0.2, 0) is 5.54 Å². The molecule has 6 heteroatoms. The summed E-state index contributed by atoms with van der Waals surface area (Å²) in [5, 5.41) is 4.49. The lowest BCUT2D eigenvalue weighted by molar-refractivity contribution is 0.148. The molecule has 0 spiro atoms. The molecule has 0 saturated heterocycles. The van der Waals surface area contributed by atoms with E-state index in [1.165, 1.54) is 25.7 Å². The van der Waals surface area contributed by atoms with Gasteiger partial charge in [-0.2, -0.15) is 5.10 Å². The van der Waals surface area contributed by atoms with Crippen LogP contribution in [0.4, 0.5) is 8.78 Å². The third-order valence-electron chi connectivity index (χ3n) is 4.44. The Hall–Kier alpha value is 0.530. The summed E-state index contributed by atoms with van der Waals surface area (Å²) >= 11 is 3.98. The lowest BCUT2D eigenvalue weighted by atomic mass is 9.88. The Labute approximate surface area is 166 Å². The van der Waals surface area contributed by atoms with Gasteiger partial charge >= 0.3 is 0 Å². The third kappa shape index (κ3) is 6.08. The maximum atomic E-state index is 13.3. The molecule has 1 atom stereocenters. The molecule has 1 aromatic heterocycles. The second-order valence-electron chi connectivity index (χ2n) is 6.47. The topological polar surface area (TPSA) is 17.8 Å². The Kier molecular flexibility index (Phi) is 9.85. The summed E-state index contributed by atoms with van der Waals surface area (Å²) in [6, 6.07) is 0. The van der Waals surface area contributed by atoms with Gasteiger partial charge in [-0.1, -0.05) is 58.8 Å². The number of hydrogen-bond acceptors (Lipinski definition) is 1. The quantitative estimate of drug-likeness (QED) is 0.208. The molecule has 0 aliphatic carbocycles. The predicted molar refractivity (Wildman–Crippen MR) is 109 cm³/mol. The van der Waals surface area contributed by atoms with Gasteiger partial charge in [0.2, 0.25) is 0 Å². The number of hydrogen-bond donors (Lipinski definition) is 0. The summed E-state index contributed by atoms with van der Waals surface area (Å²) in [4.78, 5) is 0. The Morgan fingerprint density at radius 2 is 1.57 bits per heavy atom. The normalized spacial score (nSPS) is 14.4. The van der Waals surface area contributed by atoms with Crippen LogP contribution < -0.4 is 0 Å². The molecule has 1 rings (SSSR count). The van der Waals surface area contributed by atoms with Crippen LogP contribution >= 0.6 is 45.2 Å². The molecule has 0 radical (unpaired) electrons. The van der Waals surface area contributed by atoms with Gasteiger partial charge in [0, 0.05) is 0 Å². The molecule has 2 nitrogen and oxygen atoms in total. The van der Waals surface area contributed by atoms with Crippen LogP contribution in [0.3, 0.4) is 0 Å². The fourth-order valence-corrected chi connectivity index (χ4v) is 5.33. The van der Waals surface area contributed by atoms with Gasteiger partial charge in [-0.15, -0.1) is 0 Å². The molecule has 0 aromatic carbocycles. The van der Waals surface area contributed by atoms with Crippen LogP contribution in [0.25, 0.3) is 0 Å². The van der Waals surface area contributed by atoms with Crippen molar-refractivity contribution in [3.8, 4) is 0 Å². The maximum Gasteiger partial charge on any atom is 0.268 e. The fraction of sp³-hybridized carbons (Fsp3) is 0.824. The zero-order valence-electron chi connectivity index (χ0n) is 14.3. The number of rotatable bonds is 11. The van der Waals surface area contributed by atoms with E-state index in [0.717, 1.165) is 32.1 Å². The first-order valence-electron chi connectivity index (χ1n) is 8.60. The van der Waals surface area contributed by atoms with Gasteiger partial charge in [0.1, 0.15) is 7.40 Å². The lowest BCUT2D eigenvalue weighted by Crippen LogP contribution is -2.32. The lowest BCUT2D eigenvalue weighted by Gasteiger charge is -2.31. The maximum absolute atomic E-state index is 13.3. The smallest absolute Gasteiger partial charge is 0.252 e. The highest BCUT2D eigenvalue weighted by atomic mass is 127. The highest BCUT2D eigenvalue weighted by molar-refractivity contribution is 14.1. The molecule has 0 saturated carbocycles. The van der Waals surface area contributed by atoms with Crippen molar-refractivity contribution in [3.05, 3.63) is 13.0 Å². The van der Waals surface area contributed by atoms with Crippen molar-refractivity contribution in [1.29, 1.82) is 0 Å². The van der Waals surface area contributed by atoms with Gasteiger partial charge < -0.3 is 0 Å². The van der Waals surface area contributed by atoms with Crippen LogP contribution in [0, 0.1) is 7.40 Å². The molecule has 23 heavy (non-hydrogen) atoms. The first-order chi connectivity index (χ1) is 10.9. The van der Waals surface area contributed by atoms with Crippen molar-refractivity contribution < 1.29 is 8.78 Å². The summed E-state index contributed by atoms with van der Waals surface area (Å²) < 4.78 is 29.5. The number of nitrogens with zero attached hydrogens (tertiary/aromatic N) is 2. The molecule has 1 unspecified atom stereocenters. The fourth-order valence-electron chi connectivity index (χ4n) is 2.93. The molecule has 0 amide bonds. The Bertz CT molecular complexity index is 477. The van der Waals surface area contributed by atoms with E-state index in [1.54, 1.807) is 0 Å². The number of halogens is 4. The summed E-state index contributed by atoms with van der Waals surface area (Å²) in [5.74, 6) is 0. The highest BCUT2D eigenvalue weighted by Crippen LogP contribution is 2.36. The van der Waals surface area contributed by atoms with Crippen molar-refractivity contribution >= 4 is 45.2 Å². The first-order valence-corrected chi connectivity index (χ1v) is 10.8. The van der Waals surface area contributed by atoms with Crippen molar-refractivity contribution in [2.24, 2.45) is 0 Å². The zero-order chi connectivity index (χ0) is 17.5. The molecule has 0 N–H and O–H groups in total. The van der Waals surface area contributed by atoms with Gasteiger partial charge in [0.15, 0.2) is 0 Å². The Balaban J connectivity index is 2.94. The molecule has 0 aliphatic rings. The minimum Gasteiger partial charge on any atom is -0.252 e. The third-order valence-corrected chi connectivity index (χ3v) is 6.27. The Morgan fingerprint density at radius 1 is 1.00 bits per heavy atom. The van der Waals surface area contributed by atoms with E-state index in [2.05, 4.69) is 25.9 Å². The van der Waals surface area contributed by atoms with Crippen LogP contribution in [0.2, 0.25) is 0 Å². The second-order valence-corrected chi connectivity index (χ2v) is 8.52. The Morgan fingerprint density at radius 3 is 2.09 bits per heavy atom. The number of unbranched alkanes of at least 4 members (excludes halogenated alkanes) is 5. The number of alkyl halides is 2. The van der Waals surface area contributed by atoms with Crippen molar-refractivity contribution in [3.63, 3.8) is 0 Å². The van der Waals surface area contributed by atoms with Crippen LogP contribution in [-0.4, -0.2) is 9.78 Å². The molecule has 0 fully saturated rings. The van der Waals surface area contributed by atoms with E-state index >= 15 is 0 Å². The molecular formula is C17H28F2I2N2. The van der Waals surface area contributed by atoms with E-state index < -0.39 is 6.43 Å². The molecule has 0 aliphatic heterocycles. The summed E-state index contributed by atoms with van der Waals surface area (Å²) in [6.45, 7) is 6.57. The van der Waals surface area contributed by atoms with E-state index in [9.17, 15) is 8.78 Å². The van der Waals surface area contributed by atoms with Gasteiger partial charge in [0.25, 0.3) is 6.43 Å². The van der Waals surface area contributed by atoms with Crippen LogP contribution in [0.15, 0.2) is 0 Å². The predicted octanol–water partition coefficient (Wildman–Crippen LogP) is 7.30. The van der Waals surface area contributed by atoms with Crippen LogP contribution in [0.1, 0.15) is 90.5 Å². The molecule has 134 valence electrons. The standard InChI is InChI=1S/C17H28F2I2N2/c1-4-6-8-9-10-12-17(3,11-7-5-2)23-16(21)13(14(18)19)15(20)22-23/h14H,4-12H2,1-3H3. The monoisotopic (exact) mass is 552 g/mol. The summed E-state index contributed by atoms with van der Waals surface area (Å²) in [6.07, 6.45) is 7.88. The average Bonchev–Trinajstić information content (AvgIpc) is 2.80. The zero-order valence-corrected chi connectivity index (χ0v) is 18.7. The summed E-state index contributed by atoms with van der Waals surface area (Å²) in [5.41, 5.74) is -0.0638. The van der Waals surface area contributed by atoms with Crippen LogP contribution in [0.5, 0.6) is 0 Å². The largest absolute Gasteiger partial charge is 0.268 e. The SMILES string of the molecule is CCCCCCCC(C)(CCCC)n1nc(I)c(C(F)F)c1I. The molecular weight excluding hydrogens is 524 g/mol. The minimum atomic E-state index is -2.46. The van der Waals surface area contributed by atoms with Gasteiger partial charge in [-0.25, -0.2) is 8.78 Å². The van der Waals surface area contributed by atoms with E-state index in [0.29, 0.717) is 7.40 Å². The first kappa shape index (κ1) is 21.6. The van der Waals surface area contributed by atoms with Crippen molar-refractivity contribution in [1.82, 2.24) is 9.78 Å². The second kappa shape index (κ2) is 10.5. The summed E-state index contributed by atoms with van der Waals surface area (Å²) in [7, 11) is 0. The van der Waals surface area contributed by atoms with E-state index in [-0.39, 0.29) is 11.1 Å². The highest BCUT2D eigenvalue weighted by Gasteiger charge is 2.32. The van der Waals surface area contributed by atoms with Gasteiger partial charge in [0.05, 0.1) is 11.1 Å². The van der Waals surface area contributed by atoms with Crippen molar-refractivity contribution in [2.75, 3.05) is 0 Å². The van der Waals surface area contributed by atoms with E-state index in [1.807, 2.05) is 49.9 Å². The number of aromatic nitrogens is 2. The molecule has 0 bridgehead atoms.